The number of unbranched alkanes of at least 4 members (excludes halogenated alkanes) is 1. The molecule has 1 rings (SSSR count). The molecule has 0 radical (unpaired) electrons. The molecule has 0 atom stereocenters. The van der Waals surface area contributed by atoms with Crippen LogP contribution in [0.25, 0.3) is 0 Å². The maximum absolute atomic E-state index is 14.0. The van der Waals surface area contributed by atoms with Crippen molar-refractivity contribution in [2.75, 3.05) is 31.7 Å². The summed E-state index contributed by atoms with van der Waals surface area (Å²) in [5.41, 5.74) is -0.205. The summed E-state index contributed by atoms with van der Waals surface area (Å²) in [6.45, 7) is 2.71. The molecule has 0 heterocycles. The molecule has 1 N–H and O–H groups in total. The van der Waals surface area contributed by atoms with Gasteiger partial charge >= 0.3 is 5.69 Å². The lowest BCUT2D eigenvalue weighted by Gasteiger charge is -2.24. The smallest absolute Gasteiger partial charge is 0.313 e. The van der Waals surface area contributed by atoms with Crippen LogP contribution in [0.1, 0.15) is 19.8 Å². The zero-order valence-electron chi connectivity index (χ0n) is 11.6. The van der Waals surface area contributed by atoms with E-state index in [9.17, 15) is 14.5 Å². The minimum atomic E-state index is -0.693. The number of nitro benzene ring substituents is 1. The second-order valence-electron chi connectivity index (χ2n) is 4.30. The maximum atomic E-state index is 14.0. The van der Waals surface area contributed by atoms with Crippen molar-refractivity contribution in [3.05, 3.63) is 28.1 Å². The number of benzene rings is 1. The summed E-state index contributed by atoms with van der Waals surface area (Å²) in [6, 6.07) is 2.16. The van der Waals surface area contributed by atoms with Crippen LogP contribution in [0.15, 0.2) is 12.1 Å². The topological polar surface area (TPSA) is 75.8 Å². The summed E-state index contributed by atoms with van der Waals surface area (Å²) in [5.74, 6) is -0.687. The predicted octanol–water partition coefficient (Wildman–Crippen LogP) is 2.34. The Kier molecular flexibility index (Phi) is 6.17. The van der Waals surface area contributed by atoms with Gasteiger partial charge in [0, 0.05) is 19.2 Å². The zero-order valence-corrected chi connectivity index (χ0v) is 11.6. The van der Waals surface area contributed by atoms with Crippen LogP contribution < -0.4 is 9.64 Å². The van der Waals surface area contributed by atoms with E-state index >= 15 is 0 Å². The van der Waals surface area contributed by atoms with Crippen molar-refractivity contribution in [2.45, 2.75) is 19.8 Å². The minimum Gasteiger partial charge on any atom is -0.490 e. The molecule has 0 spiro atoms. The van der Waals surface area contributed by atoms with E-state index in [2.05, 4.69) is 0 Å². The van der Waals surface area contributed by atoms with Gasteiger partial charge in [-0.1, -0.05) is 13.3 Å². The summed E-state index contributed by atoms with van der Waals surface area (Å²) >= 11 is 0. The molecule has 0 saturated heterocycles. The molecule has 0 fully saturated rings. The third-order valence-electron chi connectivity index (χ3n) is 2.94. The second-order valence-corrected chi connectivity index (χ2v) is 4.30. The van der Waals surface area contributed by atoms with Gasteiger partial charge in [0.1, 0.15) is 0 Å². The van der Waals surface area contributed by atoms with Crippen molar-refractivity contribution in [1.29, 1.82) is 0 Å². The Balaban J connectivity index is 3.17. The highest BCUT2D eigenvalue weighted by Gasteiger charge is 2.21. The number of aliphatic hydroxyl groups excluding tert-OH is 1. The first-order chi connectivity index (χ1) is 9.54. The number of anilines is 1. The summed E-state index contributed by atoms with van der Waals surface area (Å²) in [4.78, 5) is 11.8. The number of nitro groups is 1. The van der Waals surface area contributed by atoms with Crippen LogP contribution in [0.4, 0.5) is 15.8 Å². The predicted molar refractivity (Wildman–Crippen MR) is 73.8 cm³/mol. The summed E-state index contributed by atoms with van der Waals surface area (Å²) in [6.07, 6.45) is 1.76. The van der Waals surface area contributed by atoms with E-state index in [0.717, 1.165) is 18.9 Å². The number of rotatable bonds is 8. The van der Waals surface area contributed by atoms with E-state index in [-0.39, 0.29) is 24.6 Å². The fraction of sp³-hybridized carbons (Fsp3) is 0.538. The molecular formula is C13H19FN2O4. The van der Waals surface area contributed by atoms with E-state index in [1.165, 1.54) is 13.2 Å². The van der Waals surface area contributed by atoms with Crippen molar-refractivity contribution in [3.63, 3.8) is 0 Å². The Hall–Kier alpha value is -1.89. The molecule has 0 saturated carbocycles. The largest absolute Gasteiger partial charge is 0.490 e. The molecule has 1 aromatic rings. The molecule has 6 nitrogen and oxygen atoms in total. The first-order valence-corrected chi connectivity index (χ1v) is 6.42. The van der Waals surface area contributed by atoms with Gasteiger partial charge in [0.15, 0.2) is 11.6 Å². The first kappa shape index (κ1) is 16.2. The molecule has 20 heavy (non-hydrogen) atoms. The van der Waals surface area contributed by atoms with Crippen molar-refractivity contribution < 1.29 is 19.2 Å². The lowest BCUT2D eigenvalue weighted by molar-refractivity contribution is -0.385. The molecule has 0 bridgehead atoms. The number of ether oxygens (including phenoxy) is 1. The number of nitrogens with zero attached hydrogens (tertiary/aromatic N) is 2. The van der Waals surface area contributed by atoms with Gasteiger partial charge in [0.05, 0.1) is 30.4 Å². The number of methoxy groups -OCH3 is 1. The maximum Gasteiger partial charge on any atom is 0.313 e. The summed E-state index contributed by atoms with van der Waals surface area (Å²) in [5, 5.41) is 19.9. The molecule has 0 aliphatic rings. The fourth-order valence-electron chi connectivity index (χ4n) is 1.90. The van der Waals surface area contributed by atoms with Gasteiger partial charge in [0.2, 0.25) is 0 Å². The van der Waals surface area contributed by atoms with Crippen LogP contribution in [0, 0.1) is 15.9 Å². The monoisotopic (exact) mass is 286 g/mol. The zero-order chi connectivity index (χ0) is 15.1. The number of hydrogen-bond donors (Lipinski definition) is 1. The van der Waals surface area contributed by atoms with Gasteiger partial charge in [-0.3, -0.25) is 10.1 Å². The Bertz CT molecular complexity index is 468. The highest BCUT2D eigenvalue weighted by atomic mass is 19.1. The van der Waals surface area contributed by atoms with E-state index in [1.807, 2.05) is 6.92 Å². The van der Waals surface area contributed by atoms with Gasteiger partial charge in [-0.25, -0.2) is 4.39 Å². The van der Waals surface area contributed by atoms with Crippen LogP contribution in [0.2, 0.25) is 0 Å². The molecule has 112 valence electrons. The third-order valence-corrected chi connectivity index (χ3v) is 2.94. The molecule has 0 aliphatic heterocycles. The molecule has 1 aromatic carbocycles. The lowest BCUT2D eigenvalue weighted by Crippen LogP contribution is -2.28. The fourth-order valence-corrected chi connectivity index (χ4v) is 1.90. The van der Waals surface area contributed by atoms with E-state index in [0.29, 0.717) is 6.54 Å². The van der Waals surface area contributed by atoms with Crippen LogP contribution in [0.3, 0.4) is 0 Å². The third kappa shape index (κ3) is 3.80. The van der Waals surface area contributed by atoms with Gasteiger partial charge in [-0.15, -0.1) is 0 Å². The Morgan fingerprint density at radius 2 is 2.15 bits per heavy atom. The standard InChI is InChI=1S/C13H19FN2O4/c1-3-4-5-15(6-7-17)11-9-13(20-2)12(16(18)19)8-10(11)14/h8-9,17H,3-7H2,1-2H3. The molecular weight excluding hydrogens is 267 g/mol. The molecule has 0 aliphatic carbocycles. The number of hydrogen-bond acceptors (Lipinski definition) is 5. The second kappa shape index (κ2) is 7.64. The first-order valence-electron chi connectivity index (χ1n) is 6.42. The quantitative estimate of drug-likeness (QED) is 0.586. The van der Waals surface area contributed by atoms with Gasteiger partial charge < -0.3 is 14.7 Å². The lowest BCUT2D eigenvalue weighted by atomic mass is 10.2. The molecule has 0 unspecified atom stereocenters. The molecule has 0 amide bonds. The van der Waals surface area contributed by atoms with Gasteiger partial charge in [-0.2, -0.15) is 0 Å². The Morgan fingerprint density at radius 3 is 2.65 bits per heavy atom. The molecule has 7 heteroatoms. The van der Waals surface area contributed by atoms with E-state index in [1.54, 1.807) is 4.90 Å². The molecule has 0 aromatic heterocycles. The normalized spacial score (nSPS) is 10.4. The average molecular weight is 286 g/mol. The van der Waals surface area contributed by atoms with Crippen LogP contribution >= 0.6 is 0 Å². The highest BCUT2D eigenvalue weighted by Crippen LogP contribution is 2.34. The minimum absolute atomic E-state index is 0.00541. The van der Waals surface area contributed by atoms with Crippen LogP contribution in [-0.2, 0) is 0 Å². The van der Waals surface area contributed by atoms with Crippen molar-refractivity contribution >= 4 is 11.4 Å². The number of halogens is 1. The van der Waals surface area contributed by atoms with E-state index in [4.69, 9.17) is 9.84 Å². The van der Waals surface area contributed by atoms with Crippen molar-refractivity contribution in [2.24, 2.45) is 0 Å². The summed E-state index contributed by atoms with van der Waals surface area (Å²) in [7, 11) is 1.30. The van der Waals surface area contributed by atoms with E-state index < -0.39 is 16.4 Å². The van der Waals surface area contributed by atoms with Crippen molar-refractivity contribution in [1.82, 2.24) is 0 Å². The van der Waals surface area contributed by atoms with Crippen LogP contribution in [-0.4, -0.2) is 36.8 Å². The SMILES string of the molecule is CCCCN(CCO)c1cc(OC)c([N+](=O)[O-])cc1F. The number of aliphatic hydroxyl groups is 1. The average Bonchev–Trinajstić information content (AvgIpc) is 2.43. The van der Waals surface area contributed by atoms with Crippen molar-refractivity contribution in [3.8, 4) is 5.75 Å². The van der Waals surface area contributed by atoms with Crippen LogP contribution in [0.5, 0.6) is 5.75 Å². The Morgan fingerprint density at radius 1 is 1.45 bits per heavy atom. The van der Waals surface area contributed by atoms with Gasteiger partial charge in [-0.05, 0) is 6.42 Å². The van der Waals surface area contributed by atoms with Gasteiger partial charge in [0.25, 0.3) is 0 Å². The summed E-state index contributed by atoms with van der Waals surface area (Å²) < 4.78 is 19.0. The Labute approximate surface area is 116 Å². The highest BCUT2D eigenvalue weighted by molar-refractivity contribution is 5.60.